The van der Waals surface area contributed by atoms with Gasteiger partial charge in [-0.25, -0.2) is 0 Å². The normalized spacial score (nSPS) is 18.3. The minimum atomic E-state index is 0.129. The lowest BCUT2D eigenvalue weighted by molar-refractivity contribution is 0.547. The summed E-state index contributed by atoms with van der Waals surface area (Å²) in [6, 6.07) is 8.79. The largest absolute Gasteiger partial charge is 0.374 e. The Kier molecular flexibility index (Phi) is 4.06. The molecular formula is C15H24N2. The Morgan fingerprint density at radius 2 is 1.82 bits per heavy atom. The second-order valence-corrected chi connectivity index (χ2v) is 5.41. The predicted molar refractivity (Wildman–Crippen MR) is 74.3 cm³/mol. The summed E-state index contributed by atoms with van der Waals surface area (Å²) >= 11 is 0. The SMILES string of the molecule is CC(N)c1ccc(N(C)CC2CCCC2)cc1. The summed E-state index contributed by atoms with van der Waals surface area (Å²) in [4.78, 5) is 2.38. The van der Waals surface area contributed by atoms with Gasteiger partial charge in [-0.1, -0.05) is 25.0 Å². The molecule has 1 aliphatic carbocycles. The minimum Gasteiger partial charge on any atom is -0.374 e. The van der Waals surface area contributed by atoms with Crippen LogP contribution in [0.3, 0.4) is 0 Å². The smallest absolute Gasteiger partial charge is 0.0363 e. The first kappa shape index (κ1) is 12.4. The first-order chi connectivity index (χ1) is 8.16. The van der Waals surface area contributed by atoms with Crippen molar-refractivity contribution in [3.05, 3.63) is 29.8 Å². The van der Waals surface area contributed by atoms with E-state index < -0.39 is 0 Å². The van der Waals surface area contributed by atoms with Crippen LogP contribution in [0.4, 0.5) is 5.69 Å². The molecule has 0 amide bonds. The highest BCUT2D eigenvalue weighted by Crippen LogP contribution is 2.27. The summed E-state index contributed by atoms with van der Waals surface area (Å²) in [5.41, 5.74) is 8.38. The van der Waals surface area contributed by atoms with Gasteiger partial charge in [0, 0.05) is 25.3 Å². The van der Waals surface area contributed by atoms with Crippen molar-refractivity contribution >= 4 is 5.69 Å². The second kappa shape index (κ2) is 5.54. The summed E-state index contributed by atoms with van der Waals surface area (Å²) in [6.07, 6.45) is 5.65. The average molecular weight is 232 g/mol. The summed E-state index contributed by atoms with van der Waals surface area (Å²) in [6.45, 7) is 3.22. The third-order valence-electron chi connectivity index (χ3n) is 3.87. The minimum absolute atomic E-state index is 0.129. The van der Waals surface area contributed by atoms with Gasteiger partial charge in [0.1, 0.15) is 0 Å². The fraction of sp³-hybridized carbons (Fsp3) is 0.600. The quantitative estimate of drug-likeness (QED) is 0.862. The Morgan fingerprint density at radius 1 is 1.24 bits per heavy atom. The summed E-state index contributed by atoms with van der Waals surface area (Å²) < 4.78 is 0. The Balaban J connectivity index is 1.96. The van der Waals surface area contributed by atoms with Crippen LogP contribution in [0.15, 0.2) is 24.3 Å². The number of rotatable bonds is 4. The molecule has 0 bridgehead atoms. The molecule has 0 aromatic heterocycles. The number of benzene rings is 1. The standard InChI is InChI=1S/C15H24N2/c1-12(16)14-7-9-15(10-8-14)17(2)11-13-5-3-4-6-13/h7-10,12-13H,3-6,11,16H2,1-2H3. The van der Waals surface area contributed by atoms with E-state index in [9.17, 15) is 0 Å². The van der Waals surface area contributed by atoms with Gasteiger partial charge in [-0.3, -0.25) is 0 Å². The highest BCUT2D eigenvalue weighted by molar-refractivity contribution is 5.47. The van der Waals surface area contributed by atoms with Gasteiger partial charge in [-0.15, -0.1) is 0 Å². The molecule has 0 heterocycles. The van der Waals surface area contributed by atoms with E-state index in [0.29, 0.717) is 0 Å². The first-order valence-corrected chi connectivity index (χ1v) is 6.73. The van der Waals surface area contributed by atoms with E-state index in [1.54, 1.807) is 0 Å². The van der Waals surface area contributed by atoms with Crippen LogP contribution in [-0.2, 0) is 0 Å². The van der Waals surface area contributed by atoms with Gasteiger partial charge in [0.15, 0.2) is 0 Å². The zero-order valence-electron chi connectivity index (χ0n) is 11.0. The lowest BCUT2D eigenvalue weighted by atomic mass is 10.1. The van der Waals surface area contributed by atoms with E-state index in [-0.39, 0.29) is 6.04 Å². The molecule has 94 valence electrons. The zero-order valence-corrected chi connectivity index (χ0v) is 11.0. The monoisotopic (exact) mass is 232 g/mol. The number of hydrogen-bond donors (Lipinski definition) is 1. The molecule has 17 heavy (non-hydrogen) atoms. The van der Waals surface area contributed by atoms with Crippen molar-refractivity contribution < 1.29 is 0 Å². The lowest BCUT2D eigenvalue weighted by Crippen LogP contribution is -2.23. The Labute approximate surface area is 105 Å². The molecule has 1 atom stereocenters. The van der Waals surface area contributed by atoms with Gasteiger partial charge < -0.3 is 10.6 Å². The number of nitrogens with zero attached hydrogens (tertiary/aromatic N) is 1. The molecule has 1 saturated carbocycles. The number of nitrogens with two attached hydrogens (primary N) is 1. The topological polar surface area (TPSA) is 29.3 Å². The van der Waals surface area contributed by atoms with Crippen molar-refractivity contribution in [2.24, 2.45) is 11.7 Å². The van der Waals surface area contributed by atoms with Crippen LogP contribution in [0.1, 0.15) is 44.2 Å². The second-order valence-electron chi connectivity index (χ2n) is 5.41. The van der Waals surface area contributed by atoms with Gasteiger partial charge in [0.2, 0.25) is 0 Å². The maximum Gasteiger partial charge on any atom is 0.0363 e. The molecule has 2 N–H and O–H groups in total. The van der Waals surface area contributed by atoms with E-state index in [2.05, 4.69) is 36.2 Å². The molecule has 2 rings (SSSR count). The van der Waals surface area contributed by atoms with Crippen LogP contribution < -0.4 is 10.6 Å². The van der Waals surface area contributed by atoms with E-state index in [1.165, 1.54) is 43.5 Å². The average Bonchev–Trinajstić information content (AvgIpc) is 2.82. The predicted octanol–water partition coefficient (Wildman–Crippen LogP) is 3.33. The summed E-state index contributed by atoms with van der Waals surface area (Å²) in [5, 5.41) is 0. The molecule has 0 radical (unpaired) electrons. The molecular weight excluding hydrogens is 208 g/mol. The lowest BCUT2D eigenvalue weighted by Gasteiger charge is -2.23. The molecule has 1 aromatic rings. The van der Waals surface area contributed by atoms with Crippen LogP contribution >= 0.6 is 0 Å². The maximum atomic E-state index is 5.86. The van der Waals surface area contributed by atoms with Crippen LogP contribution in [0, 0.1) is 5.92 Å². The van der Waals surface area contributed by atoms with Crippen molar-refractivity contribution in [1.82, 2.24) is 0 Å². The fourth-order valence-electron chi connectivity index (χ4n) is 2.72. The van der Waals surface area contributed by atoms with Gasteiger partial charge in [0.25, 0.3) is 0 Å². The van der Waals surface area contributed by atoms with Crippen molar-refractivity contribution in [3.8, 4) is 0 Å². The Bertz CT molecular complexity index is 336. The third-order valence-corrected chi connectivity index (χ3v) is 3.87. The van der Waals surface area contributed by atoms with Crippen molar-refractivity contribution in [2.75, 3.05) is 18.5 Å². The van der Waals surface area contributed by atoms with E-state index in [0.717, 1.165) is 5.92 Å². The van der Waals surface area contributed by atoms with Crippen LogP contribution in [0.5, 0.6) is 0 Å². The molecule has 2 nitrogen and oxygen atoms in total. The van der Waals surface area contributed by atoms with Gasteiger partial charge in [-0.05, 0) is 43.4 Å². The molecule has 0 aliphatic heterocycles. The van der Waals surface area contributed by atoms with Crippen LogP contribution in [0.25, 0.3) is 0 Å². The first-order valence-electron chi connectivity index (χ1n) is 6.73. The highest BCUT2D eigenvalue weighted by atomic mass is 15.1. The molecule has 0 saturated heterocycles. The number of hydrogen-bond acceptors (Lipinski definition) is 2. The van der Waals surface area contributed by atoms with Crippen LogP contribution in [0.2, 0.25) is 0 Å². The molecule has 0 spiro atoms. The maximum absolute atomic E-state index is 5.86. The van der Waals surface area contributed by atoms with E-state index in [4.69, 9.17) is 5.73 Å². The van der Waals surface area contributed by atoms with Gasteiger partial charge >= 0.3 is 0 Å². The Hall–Kier alpha value is -1.02. The summed E-state index contributed by atoms with van der Waals surface area (Å²) in [5.74, 6) is 0.896. The van der Waals surface area contributed by atoms with Gasteiger partial charge in [0.05, 0.1) is 0 Å². The van der Waals surface area contributed by atoms with Gasteiger partial charge in [-0.2, -0.15) is 0 Å². The van der Waals surface area contributed by atoms with Crippen molar-refractivity contribution in [2.45, 2.75) is 38.6 Å². The summed E-state index contributed by atoms with van der Waals surface area (Å²) in [7, 11) is 2.19. The highest BCUT2D eigenvalue weighted by Gasteiger charge is 2.16. The van der Waals surface area contributed by atoms with Crippen molar-refractivity contribution in [3.63, 3.8) is 0 Å². The fourth-order valence-corrected chi connectivity index (χ4v) is 2.72. The third kappa shape index (κ3) is 3.22. The molecule has 1 aromatic carbocycles. The van der Waals surface area contributed by atoms with E-state index in [1.807, 2.05) is 6.92 Å². The Morgan fingerprint density at radius 3 is 2.35 bits per heavy atom. The van der Waals surface area contributed by atoms with Crippen LogP contribution in [-0.4, -0.2) is 13.6 Å². The molecule has 1 aliphatic rings. The number of anilines is 1. The molecule has 2 heteroatoms. The van der Waals surface area contributed by atoms with E-state index >= 15 is 0 Å². The zero-order chi connectivity index (χ0) is 12.3. The molecule has 1 unspecified atom stereocenters. The van der Waals surface area contributed by atoms with Crippen molar-refractivity contribution in [1.29, 1.82) is 0 Å². The molecule has 1 fully saturated rings.